The van der Waals surface area contributed by atoms with E-state index in [9.17, 15) is 0 Å². The second-order valence-electron chi connectivity index (χ2n) is 6.71. The van der Waals surface area contributed by atoms with Gasteiger partial charge in [0, 0.05) is 5.92 Å². The Balaban J connectivity index is 2.01. The first-order valence-electron chi connectivity index (χ1n) is 7.59. The number of aryl methyl sites for hydroxylation is 1. The molecular weight excluding hydrogens is 250 g/mol. The van der Waals surface area contributed by atoms with E-state index in [4.69, 9.17) is 15.2 Å². The third-order valence-electron chi connectivity index (χ3n) is 3.97. The van der Waals surface area contributed by atoms with Crippen LogP contribution in [-0.4, -0.2) is 19.8 Å². The topological polar surface area (TPSA) is 44.5 Å². The van der Waals surface area contributed by atoms with Crippen LogP contribution in [0.5, 0.6) is 11.5 Å². The maximum absolute atomic E-state index is 5.84. The van der Waals surface area contributed by atoms with Crippen molar-refractivity contribution >= 4 is 0 Å². The summed E-state index contributed by atoms with van der Waals surface area (Å²) in [6.45, 7) is 8.92. The highest BCUT2D eigenvalue weighted by atomic mass is 16.5. The van der Waals surface area contributed by atoms with Crippen LogP contribution in [0.1, 0.15) is 39.2 Å². The summed E-state index contributed by atoms with van der Waals surface area (Å²) in [5, 5.41) is 0. The Labute approximate surface area is 122 Å². The molecule has 0 fully saturated rings. The predicted molar refractivity (Wildman–Crippen MR) is 82.4 cm³/mol. The maximum Gasteiger partial charge on any atom is 0.161 e. The molecule has 0 aromatic heterocycles. The van der Waals surface area contributed by atoms with Gasteiger partial charge in [0.05, 0.1) is 13.2 Å². The van der Waals surface area contributed by atoms with E-state index in [1.165, 1.54) is 5.56 Å². The summed E-state index contributed by atoms with van der Waals surface area (Å²) >= 11 is 0. The van der Waals surface area contributed by atoms with Crippen molar-refractivity contribution in [3.63, 3.8) is 0 Å². The Morgan fingerprint density at radius 1 is 1.15 bits per heavy atom. The van der Waals surface area contributed by atoms with Crippen LogP contribution in [0.2, 0.25) is 0 Å². The fraction of sp³-hybridized carbons (Fsp3) is 0.647. The summed E-state index contributed by atoms with van der Waals surface area (Å²) < 4.78 is 11.6. The molecule has 112 valence electrons. The van der Waals surface area contributed by atoms with E-state index < -0.39 is 0 Å². The second-order valence-corrected chi connectivity index (χ2v) is 6.71. The molecule has 3 heteroatoms. The second kappa shape index (κ2) is 6.49. The van der Waals surface area contributed by atoms with Crippen LogP contribution in [0.3, 0.4) is 0 Å². The minimum Gasteiger partial charge on any atom is -0.489 e. The normalized spacial score (nSPS) is 18.7. The largest absolute Gasteiger partial charge is 0.489 e. The molecule has 1 atom stereocenters. The molecule has 3 nitrogen and oxygen atoms in total. The lowest BCUT2D eigenvalue weighted by Gasteiger charge is -2.23. The van der Waals surface area contributed by atoms with Gasteiger partial charge in [0.15, 0.2) is 11.5 Å². The Morgan fingerprint density at radius 2 is 1.85 bits per heavy atom. The SMILES string of the molecule is CC1COc2ccc(CCC(C)(C)CCN)cc2OC1. The number of hydrogen-bond donors (Lipinski definition) is 1. The van der Waals surface area contributed by atoms with Gasteiger partial charge in [-0.2, -0.15) is 0 Å². The highest BCUT2D eigenvalue weighted by molar-refractivity contribution is 5.43. The van der Waals surface area contributed by atoms with E-state index in [2.05, 4.69) is 32.9 Å². The van der Waals surface area contributed by atoms with Gasteiger partial charge in [-0.1, -0.05) is 26.8 Å². The molecule has 0 aliphatic carbocycles. The molecule has 0 amide bonds. The number of nitrogens with two attached hydrogens (primary N) is 1. The molecule has 0 spiro atoms. The molecular formula is C17H27NO2. The molecule has 2 N–H and O–H groups in total. The van der Waals surface area contributed by atoms with Crippen molar-refractivity contribution < 1.29 is 9.47 Å². The monoisotopic (exact) mass is 277 g/mol. The Bertz CT molecular complexity index is 443. The summed E-state index contributed by atoms with van der Waals surface area (Å²) in [6, 6.07) is 6.32. The van der Waals surface area contributed by atoms with E-state index in [0.29, 0.717) is 11.3 Å². The van der Waals surface area contributed by atoms with Crippen molar-refractivity contribution in [2.75, 3.05) is 19.8 Å². The van der Waals surface area contributed by atoms with Crippen molar-refractivity contribution in [3.8, 4) is 11.5 Å². The average molecular weight is 277 g/mol. The van der Waals surface area contributed by atoms with Crippen LogP contribution in [0.25, 0.3) is 0 Å². The minimum absolute atomic E-state index is 0.299. The highest BCUT2D eigenvalue weighted by Crippen LogP contribution is 2.33. The number of benzene rings is 1. The fourth-order valence-corrected chi connectivity index (χ4v) is 2.45. The number of rotatable bonds is 5. The van der Waals surface area contributed by atoms with Crippen molar-refractivity contribution in [2.45, 2.75) is 40.0 Å². The van der Waals surface area contributed by atoms with Gasteiger partial charge in [0.25, 0.3) is 0 Å². The van der Waals surface area contributed by atoms with E-state index in [-0.39, 0.29) is 0 Å². The Kier molecular flexibility index (Phi) is 4.92. The van der Waals surface area contributed by atoms with E-state index in [1.807, 2.05) is 6.07 Å². The molecule has 1 heterocycles. The summed E-state index contributed by atoms with van der Waals surface area (Å²) in [5.74, 6) is 2.21. The van der Waals surface area contributed by atoms with Gasteiger partial charge in [-0.05, 0) is 48.9 Å². The smallest absolute Gasteiger partial charge is 0.161 e. The van der Waals surface area contributed by atoms with Gasteiger partial charge >= 0.3 is 0 Å². The van der Waals surface area contributed by atoms with Gasteiger partial charge in [-0.3, -0.25) is 0 Å². The van der Waals surface area contributed by atoms with E-state index in [0.717, 1.165) is 50.5 Å². The molecule has 1 aliphatic rings. The number of ether oxygens (including phenoxy) is 2. The minimum atomic E-state index is 0.299. The van der Waals surface area contributed by atoms with Crippen LogP contribution in [0.15, 0.2) is 18.2 Å². The van der Waals surface area contributed by atoms with Crippen LogP contribution < -0.4 is 15.2 Å². The van der Waals surface area contributed by atoms with Gasteiger partial charge in [0.2, 0.25) is 0 Å². The first-order chi connectivity index (χ1) is 9.50. The third kappa shape index (κ3) is 4.14. The zero-order chi connectivity index (χ0) is 14.6. The van der Waals surface area contributed by atoms with Gasteiger partial charge < -0.3 is 15.2 Å². The van der Waals surface area contributed by atoms with Crippen LogP contribution >= 0.6 is 0 Å². The van der Waals surface area contributed by atoms with Crippen molar-refractivity contribution in [2.24, 2.45) is 17.1 Å². The molecule has 1 aromatic rings. The zero-order valence-corrected chi connectivity index (χ0v) is 12.9. The average Bonchev–Trinajstić information content (AvgIpc) is 2.59. The lowest BCUT2D eigenvalue weighted by Crippen LogP contribution is -2.17. The molecule has 0 saturated carbocycles. The van der Waals surface area contributed by atoms with Crippen molar-refractivity contribution in [1.29, 1.82) is 0 Å². The molecule has 0 bridgehead atoms. The predicted octanol–water partition coefficient (Wildman–Crippen LogP) is 3.40. The quantitative estimate of drug-likeness (QED) is 0.897. The molecule has 0 radical (unpaired) electrons. The lowest BCUT2D eigenvalue weighted by molar-refractivity contribution is 0.228. The molecule has 0 saturated heterocycles. The maximum atomic E-state index is 5.84. The highest BCUT2D eigenvalue weighted by Gasteiger charge is 2.18. The first-order valence-corrected chi connectivity index (χ1v) is 7.59. The van der Waals surface area contributed by atoms with Crippen molar-refractivity contribution in [1.82, 2.24) is 0 Å². The van der Waals surface area contributed by atoms with Crippen LogP contribution in [0.4, 0.5) is 0 Å². The van der Waals surface area contributed by atoms with E-state index in [1.54, 1.807) is 0 Å². The van der Waals surface area contributed by atoms with Gasteiger partial charge in [-0.25, -0.2) is 0 Å². The Morgan fingerprint density at radius 3 is 2.55 bits per heavy atom. The third-order valence-corrected chi connectivity index (χ3v) is 3.97. The van der Waals surface area contributed by atoms with Crippen LogP contribution in [0, 0.1) is 11.3 Å². The summed E-state index contributed by atoms with van der Waals surface area (Å²) in [7, 11) is 0. The zero-order valence-electron chi connectivity index (χ0n) is 12.9. The lowest BCUT2D eigenvalue weighted by atomic mass is 9.83. The first kappa shape index (κ1) is 15.2. The standard InChI is InChI=1S/C17H27NO2/c1-13-11-19-15-5-4-14(10-16(15)20-12-13)6-7-17(2,3)8-9-18/h4-5,10,13H,6-9,11-12,18H2,1-3H3. The molecule has 2 rings (SSSR count). The van der Waals surface area contributed by atoms with Gasteiger partial charge in [0.1, 0.15) is 0 Å². The number of fused-ring (bicyclic) bond motifs is 1. The van der Waals surface area contributed by atoms with Gasteiger partial charge in [-0.15, -0.1) is 0 Å². The fourth-order valence-electron chi connectivity index (χ4n) is 2.45. The molecule has 1 aromatic carbocycles. The molecule has 1 unspecified atom stereocenters. The Hall–Kier alpha value is -1.22. The van der Waals surface area contributed by atoms with E-state index >= 15 is 0 Å². The van der Waals surface area contributed by atoms with Crippen molar-refractivity contribution in [3.05, 3.63) is 23.8 Å². The summed E-state index contributed by atoms with van der Waals surface area (Å²) in [4.78, 5) is 0. The summed E-state index contributed by atoms with van der Waals surface area (Å²) in [5.41, 5.74) is 7.28. The number of hydrogen-bond acceptors (Lipinski definition) is 3. The molecule has 20 heavy (non-hydrogen) atoms. The molecule has 1 aliphatic heterocycles. The van der Waals surface area contributed by atoms with Crippen LogP contribution in [-0.2, 0) is 6.42 Å². The summed E-state index contributed by atoms with van der Waals surface area (Å²) in [6.07, 6.45) is 3.26.